The third-order valence-electron chi connectivity index (χ3n) is 3.84. The number of rotatable bonds is 5. The lowest BCUT2D eigenvalue weighted by atomic mass is 10.1. The number of aryl methyl sites for hydroxylation is 1. The van der Waals surface area contributed by atoms with Gasteiger partial charge in [0.1, 0.15) is 0 Å². The molecule has 2 nitrogen and oxygen atoms in total. The molecule has 5 heteroatoms. The van der Waals surface area contributed by atoms with Crippen LogP contribution >= 0.6 is 35.0 Å². The first kappa shape index (κ1) is 18.8. The monoisotopic (exact) mass is 401 g/mol. The average Bonchev–Trinajstić information content (AvgIpc) is 2.65. The maximum absolute atomic E-state index is 12.4. The number of anilines is 1. The molecule has 0 saturated carbocycles. The molecule has 0 saturated heterocycles. The van der Waals surface area contributed by atoms with E-state index in [-0.39, 0.29) is 5.91 Å². The smallest absolute Gasteiger partial charge is 0.255 e. The Hall–Kier alpha value is -1.94. The number of hydrogen-bond acceptors (Lipinski definition) is 2. The van der Waals surface area contributed by atoms with Crippen LogP contribution in [0, 0.1) is 6.92 Å². The van der Waals surface area contributed by atoms with Crippen molar-refractivity contribution in [1.29, 1.82) is 0 Å². The van der Waals surface area contributed by atoms with Crippen molar-refractivity contribution in [2.24, 2.45) is 0 Å². The summed E-state index contributed by atoms with van der Waals surface area (Å²) in [7, 11) is 0. The Morgan fingerprint density at radius 1 is 0.923 bits per heavy atom. The van der Waals surface area contributed by atoms with E-state index in [1.807, 2.05) is 24.3 Å². The van der Waals surface area contributed by atoms with Gasteiger partial charge in [0, 0.05) is 16.2 Å². The molecule has 0 fully saturated rings. The fourth-order valence-corrected chi connectivity index (χ4v) is 3.70. The maximum atomic E-state index is 12.4. The predicted molar refractivity (Wildman–Crippen MR) is 112 cm³/mol. The highest BCUT2D eigenvalue weighted by Gasteiger charge is 2.11. The van der Waals surface area contributed by atoms with Gasteiger partial charge in [0.2, 0.25) is 0 Å². The van der Waals surface area contributed by atoms with Gasteiger partial charge < -0.3 is 5.32 Å². The van der Waals surface area contributed by atoms with Crippen LogP contribution in [-0.2, 0) is 5.75 Å². The van der Waals surface area contributed by atoms with Gasteiger partial charge in [-0.2, -0.15) is 0 Å². The van der Waals surface area contributed by atoms with Crippen molar-refractivity contribution in [3.05, 3.63) is 93.5 Å². The second-order valence-corrected chi connectivity index (χ2v) is 7.71. The van der Waals surface area contributed by atoms with Gasteiger partial charge in [-0.1, -0.05) is 59.1 Å². The lowest BCUT2D eigenvalue weighted by Gasteiger charge is -2.09. The molecule has 0 bridgehead atoms. The van der Waals surface area contributed by atoms with Crippen molar-refractivity contribution in [2.75, 3.05) is 5.32 Å². The average molecular weight is 402 g/mol. The van der Waals surface area contributed by atoms with Crippen LogP contribution in [-0.4, -0.2) is 5.91 Å². The topological polar surface area (TPSA) is 29.1 Å². The first-order valence-corrected chi connectivity index (χ1v) is 9.81. The molecule has 132 valence electrons. The van der Waals surface area contributed by atoms with E-state index in [9.17, 15) is 4.79 Å². The molecule has 0 heterocycles. The van der Waals surface area contributed by atoms with E-state index in [0.29, 0.717) is 21.3 Å². The molecule has 1 N–H and O–H groups in total. The Morgan fingerprint density at radius 2 is 1.54 bits per heavy atom. The quantitative estimate of drug-likeness (QED) is 0.473. The molecule has 0 aliphatic heterocycles. The molecule has 0 atom stereocenters. The van der Waals surface area contributed by atoms with Gasteiger partial charge in [-0.05, 0) is 48.9 Å². The van der Waals surface area contributed by atoms with E-state index in [1.165, 1.54) is 10.5 Å². The van der Waals surface area contributed by atoms with Gasteiger partial charge in [0.25, 0.3) is 5.91 Å². The minimum Gasteiger partial charge on any atom is -0.319 e. The normalized spacial score (nSPS) is 10.6. The third-order valence-corrected chi connectivity index (χ3v) is 5.56. The summed E-state index contributed by atoms with van der Waals surface area (Å²) in [5.74, 6) is 0.610. The van der Waals surface area contributed by atoms with E-state index in [4.69, 9.17) is 23.2 Å². The van der Waals surface area contributed by atoms with E-state index >= 15 is 0 Å². The zero-order valence-electron chi connectivity index (χ0n) is 14.1. The number of hydrogen-bond donors (Lipinski definition) is 1. The Balaban J connectivity index is 1.63. The van der Waals surface area contributed by atoms with Crippen molar-refractivity contribution >= 4 is 46.6 Å². The molecule has 0 aliphatic carbocycles. The number of para-hydroxylation sites is 1. The van der Waals surface area contributed by atoms with Crippen molar-refractivity contribution < 1.29 is 4.79 Å². The van der Waals surface area contributed by atoms with Crippen LogP contribution in [0.3, 0.4) is 0 Å². The van der Waals surface area contributed by atoms with Crippen LogP contribution in [0.15, 0.2) is 71.6 Å². The summed E-state index contributed by atoms with van der Waals surface area (Å²) in [6.45, 7) is 2.08. The summed E-state index contributed by atoms with van der Waals surface area (Å²) in [5, 5.41) is 3.60. The molecule has 0 radical (unpaired) electrons. The molecule has 0 spiro atoms. The number of benzene rings is 3. The lowest BCUT2D eigenvalue weighted by Crippen LogP contribution is -2.12. The minimum atomic E-state index is -0.238. The molecular formula is C21H17Cl2NOS. The van der Waals surface area contributed by atoms with E-state index in [1.54, 1.807) is 30.0 Å². The summed E-state index contributed by atoms with van der Waals surface area (Å²) in [6, 6.07) is 21.1. The maximum Gasteiger partial charge on any atom is 0.255 e. The van der Waals surface area contributed by atoms with Crippen LogP contribution < -0.4 is 5.32 Å². The van der Waals surface area contributed by atoms with Crippen LogP contribution in [0.4, 0.5) is 5.69 Å². The standard InChI is InChI=1S/C21H17Cl2NOS/c1-14-5-11-17(12-6-14)26-13-15-7-9-16(10-8-15)21(25)24-20-18(22)3-2-4-19(20)23/h2-12H,13H2,1H3,(H,24,25). The van der Waals surface area contributed by atoms with Gasteiger partial charge in [-0.25, -0.2) is 0 Å². The predicted octanol–water partition coefficient (Wildman–Crippen LogP) is 6.85. The fourth-order valence-electron chi connectivity index (χ4n) is 2.36. The van der Waals surface area contributed by atoms with Gasteiger partial charge in [0.15, 0.2) is 0 Å². The molecule has 3 rings (SSSR count). The van der Waals surface area contributed by atoms with E-state index in [0.717, 1.165) is 11.3 Å². The zero-order valence-corrected chi connectivity index (χ0v) is 16.5. The van der Waals surface area contributed by atoms with Crippen LogP contribution in [0.2, 0.25) is 10.0 Å². The number of carbonyl (C=O) groups excluding carboxylic acids is 1. The zero-order chi connectivity index (χ0) is 18.5. The van der Waals surface area contributed by atoms with E-state index in [2.05, 4.69) is 36.5 Å². The van der Waals surface area contributed by atoms with E-state index < -0.39 is 0 Å². The summed E-state index contributed by atoms with van der Waals surface area (Å²) in [6.07, 6.45) is 0. The first-order chi connectivity index (χ1) is 12.5. The number of thioether (sulfide) groups is 1. The molecule has 0 aliphatic rings. The molecule has 1 amide bonds. The lowest BCUT2D eigenvalue weighted by molar-refractivity contribution is 0.102. The Morgan fingerprint density at radius 3 is 2.15 bits per heavy atom. The summed E-state index contributed by atoms with van der Waals surface area (Å²) >= 11 is 14.0. The van der Waals surface area contributed by atoms with Gasteiger partial charge >= 0.3 is 0 Å². The second-order valence-electron chi connectivity index (χ2n) is 5.85. The first-order valence-electron chi connectivity index (χ1n) is 8.07. The number of halogens is 2. The highest BCUT2D eigenvalue weighted by molar-refractivity contribution is 7.98. The van der Waals surface area contributed by atoms with Crippen molar-refractivity contribution in [1.82, 2.24) is 0 Å². The molecule has 26 heavy (non-hydrogen) atoms. The van der Waals surface area contributed by atoms with Crippen molar-refractivity contribution in [3.63, 3.8) is 0 Å². The molecule has 0 aromatic heterocycles. The number of amides is 1. The largest absolute Gasteiger partial charge is 0.319 e. The molecule has 0 unspecified atom stereocenters. The minimum absolute atomic E-state index is 0.238. The summed E-state index contributed by atoms with van der Waals surface area (Å²) in [5.41, 5.74) is 3.40. The van der Waals surface area contributed by atoms with Crippen LogP contribution in [0.5, 0.6) is 0 Å². The fraction of sp³-hybridized carbons (Fsp3) is 0.0952. The second kappa shape index (κ2) is 8.63. The molecule has 3 aromatic rings. The number of carbonyl (C=O) groups is 1. The Labute approximate surface area is 167 Å². The van der Waals surface area contributed by atoms with Crippen molar-refractivity contribution in [3.8, 4) is 0 Å². The van der Waals surface area contributed by atoms with Crippen molar-refractivity contribution in [2.45, 2.75) is 17.6 Å². The summed E-state index contributed by atoms with van der Waals surface area (Å²) in [4.78, 5) is 13.6. The Bertz CT molecular complexity index is 888. The highest BCUT2D eigenvalue weighted by Crippen LogP contribution is 2.30. The molecular weight excluding hydrogens is 385 g/mol. The van der Waals surface area contributed by atoms with Crippen LogP contribution in [0.1, 0.15) is 21.5 Å². The Kier molecular flexibility index (Phi) is 6.25. The third kappa shape index (κ3) is 4.82. The SMILES string of the molecule is Cc1ccc(SCc2ccc(C(=O)Nc3c(Cl)cccc3Cl)cc2)cc1. The molecule has 3 aromatic carbocycles. The van der Waals surface area contributed by atoms with Gasteiger partial charge in [0.05, 0.1) is 15.7 Å². The highest BCUT2D eigenvalue weighted by atomic mass is 35.5. The van der Waals surface area contributed by atoms with Gasteiger partial charge in [-0.3, -0.25) is 4.79 Å². The number of nitrogens with one attached hydrogen (secondary N) is 1. The van der Waals surface area contributed by atoms with Crippen LogP contribution in [0.25, 0.3) is 0 Å². The van der Waals surface area contributed by atoms with Gasteiger partial charge in [-0.15, -0.1) is 11.8 Å². The summed E-state index contributed by atoms with van der Waals surface area (Å²) < 4.78 is 0.